The summed E-state index contributed by atoms with van der Waals surface area (Å²) < 4.78 is 1.07. The van der Waals surface area contributed by atoms with Gasteiger partial charge in [0, 0.05) is 18.4 Å². The van der Waals surface area contributed by atoms with Crippen LogP contribution in [0, 0.1) is 0 Å². The fourth-order valence-corrected chi connectivity index (χ4v) is 1.93. The van der Waals surface area contributed by atoms with Crippen molar-refractivity contribution in [3.8, 4) is 0 Å². The maximum atomic E-state index is 8.56. The van der Waals surface area contributed by atoms with Crippen LogP contribution in [-0.2, 0) is 6.42 Å². The van der Waals surface area contributed by atoms with Crippen LogP contribution in [0.1, 0.15) is 5.69 Å². The smallest absolute Gasteiger partial charge is 0.149 e. The maximum Gasteiger partial charge on any atom is 0.149 e. The highest BCUT2D eigenvalue weighted by Crippen LogP contribution is 2.19. The lowest BCUT2D eigenvalue weighted by atomic mass is 10.4. The second-order valence-electron chi connectivity index (χ2n) is 1.78. The minimum atomic E-state index is 0.192. The minimum Gasteiger partial charge on any atom is -0.396 e. The number of aromatic nitrogens is 1. The third-order valence-corrected chi connectivity index (χ3v) is 2.99. The van der Waals surface area contributed by atoms with Gasteiger partial charge in [0.2, 0.25) is 0 Å². The highest BCUT2D eigenvalue weighted by Gasteiger charge is 1.98. The number of aliphatic hydroxyl groups excluding tert-OH is 1. The molecule has 0 radical (unpaired) electrons. The topological polar surface area (TPSA) is 33.1 Å². The summed E-state index contributed by atoms with van der Waals surface area (Å²) in [6, 6.07) is 0. The molecular weight excluding hydrogens is 166 g/mol. The third kappa shape index (κ3) is 1.97. The molecule has 2 nitrogen and oxygen atoms in total. The number of nitrogens with zero attached hydrogens (tertiary/aromatic N) is 1. The number of rotatable bonds is 3. The van der Waals surface area contributed by atoms with Gasteiger partial charge in [-0.05, 0) is 6.26 Å². The molecule has 0 spiro atoms. The molecule has 0 atom stereocenters. The van der Waals surface area contributed by atoms with E-state index in [0.717, 1.165) is 10.0 Å². The molecule has 0 fully saturated rings. The lowest BCUT2D eigenvalue weighted by Gasteiger charge is -1.86. The molecule has 1 aromatic heterocycles. The van der Waals surface area contributed by atoms with Crippen molar-refractivity contribution in [2.75, 3.05) is 12.9 Å². The van der Waals surface area contributed by atoms with E-state index in [4.69, 9.17) is 5.11 Å². The Kier molecular flexibility index (Phi) is 3.18. The quantitative estimate of drug-likeness (QED) is 0.705. The van der Waals surface area contributed by atoms with E-state index in [9.17, 15) is 0 Å². The van der Waals surface area contributed by atoms with E-state index < -0.39 is 0 Å². The van der Waals surface area contributed by atoms with Gasteiger partial charge in [-0.2, -0.15) is 0 Å². The zero-order valence-electron chi connectivity index (χ0n) is 5.70. The highest BCUT2D eigenvalue weighted by molar-refractivity contribution is 8.00. The standard InChI is InChI=1S/C6H9NOS2/c1-9-6-7-5(2-3-8)4-10-6/h4,8H,2-3H2,1H3. The Balaban J connectivity index is 2.59. The van der Waals surface area contributed by atoms with E-state index in [1.165, 1.54) is 0 Å². The molecule has 1 aromatic rings. The number of thiazole rings is 1. The van der Waals surface area contributed by atoms with Crippen LogP contribution in [0.15, 0.2) is 9.72 Å². The van der Waals surface area contributed by atoms with Crippen LogP contribution in [0.2, 0.25) is 0 Å². The largest absolute Gasteiger partial charge is 0.396 e. The molecule has 0 aliphatic rings. The molecule has 0 amide bonds. The first-order valence-electron chi connectivity index (χ1n) is 2.96. The van der Waals surface area contributed by atoms with E-state index in [2.05, 4.69) is 4.98 Å². The molecule has 1 rings (SSSR count). The van der Waals surface area contributed by atoms with Crippen molar-refractivity contribution >= 4 is 23.1 Å². The van der Waals surface area contributed by atoms with Crippen LogP contribution in [0.4, 0.5) is 0 Å². The SMILES string of the molecule is CSc1nc(CCO)cs1. The zero-order valence-corrected chi connectivity index (χ0v) is 7.34. The Bertz CT molecular complexity index is 199. The van der Waals surface area contributed by atoms with E-state index >= 15 is 0 Å². The van der Waals surface area contributed by atoms with Crippen molar-refractivity contribution in [2.24, 2.45) is 0 Å². The molecule has 0 unspecified atom stereocenters. The molecule has 0 bridgehead atoms. The van der Waals surface area contributed by atoms with Crippen LogP contribution in [0.5, 0.6) is 0 Å². The van der Waals surface area contributed by atoms with Crippen molar-refractivity contribution in [3.05, 3.63) is 11.1 Å². The van der Waals surface area contributed by atoms with Crippen molar-refractivity contribution in [1.29, 1.82) is 0 Å². The first-order valence-corrected chi connectivity index (χ1v) is 5.06. The average molecular weight is 175 g/mol. The van der Waals surface area contributed by atoms with Gasteiger partial charge in [-0.15, -0.1) is 11.3 Å². The summed E-state index contributed by atoms with van der Waals surface area (Å²) in [6.07, 6.45) is 2.68. The molecule has 0 aliphatic heterocycles. The summed E-state index contributed by atoms with van der Waals surface area (Å²) in [6.45, 7) is 0.192. The van der Waals surface area contributed by atoms with Crippen molar-refractivity contribution < 1.29 is 5.11 Å². The summed E-state index contributed by atoms with van der Waals surface area (Å²) in [5, 5.41) is 10.5. The first kappa shape index (κ1) is 8.04. The fourth-order valence-electron chi connectivity index (χ4n) is 0.612. The average Bonchev–Trinajstić information content (AvgIpc) is 2.37. The number of hydrogen-bond donors (Lipinski definition) is 1. The first-order chi connectivity index (χ1) is 4.86. The van der Waals surface area contributed by atoms with Crippen LogP contribution >= 0.6 is 23.1 Å². The summed E-state index contributed by atoms with van der Waals surface area (Å²) in [5.41, 5.74) is 0.997. The number of hydrogen-bond acceptors (Lipinski definition) is 4. The lowest BCUT2D eigenvalue weighted by molar-refractivity contribution is 0.298. The molecule has 56 valence electrons. The van der Waals surface area contributed by atoms with Gasteiger partial charge in [0.05, 0.1) is 5.69 Å². The second kappa shape index (κ2) is 3.95. The Morgan fingerprint density at radius 2 is 2.60 bits per heavy atom. The van der Waals surface area contributed by atoms with Gasteiger partial charge in [0.15, 0.2) is 0 Å². The van der Waals surface area contributed by atoms with Crippen LogP contribution in [-0.4, -0.2) is 23.0 Å². The van der Waals surface area contributed by atoms with Gasteiger partial charge in [-0.25, -0.2) is 4.98 Å². The normalized spacial score (nSPS) is 10.2. The van der Waals surface area contributed by atoms with Gasteiger partial charge in [0.25, 0.3) is 0 Å². The molecule has 10 heavy (non-hydrogen) atoms. The number of aliphatic hydroxyl groups is 1. The van der Waals surface area contributed by atoms with E-state index in [0.29, 0.717) is 6.42 Å². The fraction of sp³-hybridized carbons (Fsp3) is 0.500. The Labute approximate surface area is 68.3 Å². The van der Waals surface area contributed by atoms with Crippen LogP contribution < -0.4 is 0 Å². The predicted octanol–water partition coefficient (Wildman–Crippen LogP) is 1.40. The Hall–Kier alpha value is -0.0600. The van der Waals surface area contributed by atoms with Crippen molar-refractivity contribution in [2.45, 2.75) is 10.8 Å². The molecule has 4 heteroatoms. The number of thioether (sulfide) groups is 1. The summed E-state index contributed by atoms with van der Waals surface area (Å²) in [7, 11) is 0. The second-order valence-corrected chi connectivity index (χ2v) is 3.69. The van der Waals surface area contributed by atoms with E-state index in [1.54, 1.807) is 23.1 Å². The highest BCUT2D eigenvalue weighted by atomic mass is 32.2. The Morgan fingerprint density at radius 3 is 3.10 bits per heavy atom. The van der Waals surface area contributed by atoms with Crippen LogP contribution in [0.3, 0.4) is 0 Å². The summed E-state index contributed by atoms with van der Waals surface area (Å²) in [5.74, 6) is 0. The van der Waals surface area contributed by atoms with Gasteiger partial charge in [0.1, 0.15) is 4.34 Å². The zero-order chi connectivity index (χ0) is 7.40. The molecule has 1 heterocycles. The Morgan fingerprint density at radius 1 is 1.80 bits per heavy atom. The molecular formula is C6H9NOS2. The third-order valence-electron chi connectivity index (χ3n) is 1.07. The van der Waals surface area contributed by atoms with Gasteiger partial charge in [-0.3, -0.25) is 0 Å². The maximum absolute atomic E-state index is 8.56. The molecule has 0 aliphatic carbocycles. The van der Waals surface area contributed by atoms with Crippen molar-refractivity contribution in [3.63, 3.8) is 0 Å². The monoisotopic (exact) mass is 175 g/mol. The predicted molar refractivity (Wildman–Crippen MR) is 44.7 cm³/mol. The lowest BCUT2D eigenvalue weighted by Crippen LogP contribution is -1.89. The van der Waals surface area contributed by atoms with Crippen molar-refractivity contribution in [1.82, 2.24) is 4.98 Å². The van der Waals surface area contributed by atoms with Gasteiger partial charge in [-0.1, -0.05) is 11.8 Å². The molecule has 1 N–H and O–H groups in total. The summed E-state index contributed by atoms with van der Waals surface area (Å²) >= 11 is 3.27. The summed E-state index contributed by atoms with van der Waals surface area (Å²) in [4.78, 5) is 4.24. The van der Waals surface area contributed by atoms with E-state index in [1.807, 2.05) is 11.6 Å². The van der Waals surface area contributed by atoms with Gasteiger partial charge < -0.3 is 5.11 Å². The van der Waals surface area contributed by atoms with E-state index in [-0.39, 0.29) is 6.61 Å². The van der Waals surface area contributed by atoms with Gasteiger partial charge >= 0.3 is 0 Å². The molecule has 0 saturated carbocycles. The minimum absolute atomic E-state index is 0.192. The van der Waals surface area contributed by atoms with Crippen LogP contribution in [0.25, 0.3) is 0 Å². The molecule has 0 aromatic carbocycles. The molecule has 0 saturated heterocycles.